The highest BCUT2D eigenvalue weighted by Gasteiger charge is 2.34. The second kappa shape index (κ2) is 10.0. The van der Waals surface area contributed by atoms with Gasteiger partial charge in [-0.2, -0.15) is 0 Å². The lowest BCUT2D eigenvalue weighted by Crippen LogP contribution is -2.51. The van der Waals surface area contributed by atoms with E-state index in [-0.39, 0.29) is 34.9 Å². The van der Waals surface area contributed by atoms with Crippen LogP contribution in [-0.4, -0.2) is 73.8 Å². The van der Waals surface area contributed by atoms with Crippen LogP contribution in [0.5, 0.6) is 0 Å². The summed E-state index contributed by atoms with van der Waals surface area (Å²) < 4.78 is 37.7. The van der Waals surface area contributed by atoms with E-state index < -0.39 is 21.7 Å². The zero-order valence-electron chi connectivity index (χ0n) is 18.3. The molecule has 9 heteroatoms. The number of benzene rings is 2. The number of carbonyl (C=O) groups is 2. The van der Waals surface area contributed by atoms with Crippen molar-refractivity contribution in [1.29, 1.82) is 0 Å². The summed E-state index contributed by atoms with van der Waals surface area (Å²) in [5, 5.41) is 3.10. The highest BCUT2D eigenvalue weighted by atomic mass is 32.2. The number of sulfone groups is 1. The summed E-state index contributed by atoms with van der Waals surface area (Å²) in [5.74, 6) is -0.957. The van der Waals surface area contributed by atoms with Gasteiger partial charge < -0.3 is 10.2 Å². The fourth-order valence-electron chi connectivity index (χ4n) is 4.46. The van der Waals surface area contributed by atoms with Crippen LogP contribution in [0.4, 0.5) is 4.39 Å². The van der Waals surface area contributed by atoms with Crippen LogP contribution in [0, 0.1) is 5.82 Å². The maximum absolute atomic E-state index is 14.0. The molecular weight excluding hydrogens is 445 g/mol. The highest BCUT2D eigenvalue weighted by Crippen LogP contribution is 2.24. The number of carbonyl (C=O) groups excluding carboxylic acids is 2. The van der Waals surface area contributed by atoms with Gasteiger partial charge in [0.2, 0.25) is 5.91 Å². The SMILES string of the molecule is O=C(NC1CCN(C(=O)c2ccccc2F)CC1)C(c1ccccc1)N1CCS(=O)(=O)CC1. The minimum Gasteiger partial charge on any atom is -0.352 e. The number of hydrogen-bond donors (Lipinski definition) is 1. The van der Waals surface area contributed by atoms with E-state index in [1.54, 1.807) is 17.0 Å². The number of nitrogens with zero attached hydrogens (tertiary/aromatic N) is 2. The van der Waals surface area contributed by atoms with Crippen molar-refractivity contribution in [3.8, 4) is 0 Å². The first kappa shape index (κ1) is 23.4. The van der Waals surface area contributed by atoms with Gasteiger partial charge in [0.25, 0.3) is 5.91 Å². The maximum atomic E-state index is 14.0. The quantitative estimate of drug-likeness (QED) is 0.718. The van der Waals surface area contributed by atoms with Crippen LogP contribution in [0.3, 0.4) is 0 Å². The molecule has 0 spiro atoms. The summed E-state index contributed by atoms with van der Waals surface area (Å²) in [6, 6.07) is 14.6. The zero-order valence-corrected chi connectivity index (χ0v) is 19.1. The molecule has 33 heavy (non-hydrogen) atoms. The van der Waals surface area contributed by atoms with Crippen LogP contribution in [-0.2, 0) is 14.6 Å². The molecule has 0 saturated carbocycles. The number of likely N-dealkylation sites (tertiary alicyclic amines) is 1. The molecule has 1 atom stereocenters. The second-order valence-corrected chi connectivity index (χ2v) is 10.9. The maximum Gasteiger partial charge on any atom is 0.256 e. The molecule has 1 unspecified atom stereocenters. The molecule has 176 valence electrons. The van der Waals surface area contributed by atoms with Crippen molar-refractivity contribution in [3.05, 3.63) is 71.5 Å². The minimum atomic E-state index is -3.06. The first-order chi connectivity index (χ1) is 15.8. The third-order valence-corrected chi connectivity index (χ3v) is 7.95. The summed E-state index contributed by atoms with van der Waals surface area (Å²) in [5.41, 5.74) is 0.880. The van der Waals surface area contributed by atoms with E-state index >= 15 is 0 Å². The predicted octanol–water partition coefficient (Wildman–Crippen LogP) is 2.02. The lowest BCUT2D eigenvalue weighted by Gasteiger charge is -2.36. The molecule has 2 aromatic carbocycles. The third kappa shape index (κ3) is 5.59. The van der Waals surface area contributed by atoms with E-state index in [0.29, 0.717) is 39.0 Å². The van der Waals surface area contributed by atoms with Crippen molar-refractivity contribution < 1.29 is 22.4 Å². The van der Waals surface area contributed by atoms with Gasteiger partial charge in [-0.15, -0.1) is 0 Å². The van der Waals surface area contributed by atoms with Crippen LogP contribution in [0.1, 0.15) is 34.8 Å². The van der Waals surface area contributed by atoms with Gasteiger partial charge in [0, 0.05) is 32.2 Å². The molecule has 2 saturated heterocycles. The van der Waals surface area contributed by atoms with Gasteiger partial charge in [0.1, 0.15) is 11.9 Å². The normalized spacial score (nSPS) is 20.2. The monoisotopic (exact) mass is 473 g/mol. The number of amides is 2. The summed E-state index contributed by atoms with van der Waals surface area (Å²) >= 11 is 0. The van der Waals surface area contributed by atoms with Crippen LogP contribution >= 0.6 is 0 Å². The van der Waals surface area contributed by atoms with Crippen molar-refractivity contribution in [2.24, 2.45) is 0 Å². The van der Waals surface area contributed by atoms with E-state index in [9.17, 15) is 22.4 Å². The average molecular weight is 474 g/mol. The van der Waals surface area contributed by atoms with E-state index in [1.165, 1.54) is 12.1 Å². The minimum absolute atomic E-state index is 0.0418. The Kier molecular flexibility index (Phi) is 7.09. The lowest BCUT2D eigenvalue weighted by molar-refractivity contribution is -0.127. The average Bonchev–Trinajstić information content (AvgIpc) is 2.81. The number of hydrogen-bond acceptors (Lipinski definition) is 5. The highest BCUT2D eigenvalue weighted by molar-refractivity contribution is 7.91. The van der Waals surface area contributed by atoms with E-state index in [1.807, 2.05) is 35.2 Å². The van der Waals surface area contributed by atoms with Crippen molar-refractivity contribution in [2.45, 2.75) is 24.9 Å². The molecule has 2 fully saturated rings. The van der Waals surface area contributed by atoms with E-state index in [4.69, 9.17) is 0 Å². The van der Waals surface area contributed by atoms with Crippen molar-refractivity contribution >= 4 is 21.7 Å². The molecule has 0 aliphatic carbocycles. The molecule has 2 aromatic rings. The van der Waals surface area contributed by atoms with Gasteiger partial charge in [-0.3, -0.25) is 14.5 Å². The molecule has 2 aliphatic heterocycles. The Bertz CT molecular complexity index is 1090. The van der Waals surface area contributed by atoms with Crippen LogP contribution in [0.2, 0.25) is 0 Å². The van der Waals surface area contributed by atoms with Crippen LogP contribution in [0.25, 0.3) is 0 Å². The standard InChI is InChI=1S/C24H28FN3O4S/c25-21-9-5-4-8-20(21)24(30)28-12-10-19(11-13-28)26-23(29)22(18-6-2-1-3-7-18)27-14-16-33(31,32)17-15-27/h1-9,19,22H,10-17H2,(H,26,29). The Hall–Kier alpha value is -2.78. The van der Waals surface area contributed by atoms with Crippen LogP contribution in [0.15, 0.2) is 54.6 Å². The Balaban J connectivity index is 1.40. The molecular formula is C24H28FN3O4S. The first-order valence-electron chi connectivity index (χ1n) is 11.2. The third-order valence-electron chi connectivity index (χ3n) is 6.34. The molecule has 4 rings (SSSR count). The molecule has 1 N–H and O–H groups in total. The van der Waals surface area contributed by atoms with Crippen molar-refractivity contribution in [3.63, 3.8) is 0 Å². The lowest BCUT2D eigenvalue weighted by atomic mass is 10.0. The Morgan fingerprint density at radius 3 is 2.15 bits per heavy atom. The van der Waals surface area contributed by atoms with Crippen molar-refractivity contribution in [2.75, 3.05) is 37.7 Å². The largest absolute Gasteiger partial charge is 0.352 e. The fraction of sp³-hybridized carbons (Fsp3) is 0.417. The van der Waals surface area contributed by atoms with Crippen molar-refractivity contribution in [1.82, 2.24) is 15.1 Å². The second-order valence-electron chi connectivity index (χ2n) is 8.56. The summed E-state index contributed by atoms with van der Waals surface area (Å²) in [7, 11) is -3.06. The Labute approximate surface area is 193 Å². The number of rotatable bonds is 5. The summed E-state index contributed by atoms with van der Waals surface area (Å²) in [6.07, 6.45) is 1.14. The number of piperidine rings is 1. The fourth-order valence-corrected chi connectivity index (χ4v) is 5.69. The van der Waals surface area contributed by atoms with Gasteiger partial charge in [0.05, 0.1) is 17.1 Å². The predicted molar refractivity (Wildman–Crippen MR) is 123 cm³/mol. The smallest absolute Gasteiger partial charge is 0.256 e. The molecule has 7 nitrogen and oxygen atoms in total. The molecule has 0 radical (unpaired) electrons. The van der Waals surface area contributed by atoms with Gasteiger partial charge in [0.15, 0.2) is 9.84 Å². The topological polar surface area (TPSA) is 86.8 Å². The van der Waals surface area contributed by atoms with Gasteiger partial charge >= 0.3 is 0 Å². The summed E-state index contributed by atoms with van der Waals surface area (Å²) in [6.45, 7) is 1.47. The first-order valence-corrected chi connectivity index (χ1v) is 13.0. The summed E-state index contributed by atoms with van der Waals surface area (Å²) in [4.78, 5) is 29.5. The number of halogens is 1. The number of nitrogens with one attached hydrogen (secondary N) is 1. The van der Waals surface area contributed by atoms with Gasteiger partial charge in [-0.1, -0.05) is 42.5 Å². The molecule has 2 amide bonds. The van der Waals surface area contributed by atoms with Gasteiger partial charge in [-0.25, -0.2) is 12.8 Å². The molecule has 2 aliphatic rings. The van der Waals surface area contributed by atoms with E-state index in [2.05, 4.69) is 5.32 Å². The van der Waals surface area contributed by atoms with Gasteiger partial charge in [-0.05, 0) is 30.5 Å². The Morgan fingerprint density at radius 2 is 1.52 bits per heavy atom. The molecule has 2 heterocycles. The Morgan fingerprint density at radius 1 is 0.909 bits per heavy atom. The molecule has 0 aromatic heterocycles. The zero-order chi connectivity index (χ0) is 23.4. The van der Waals surface area contributed by atoms with Crippen LogP contribution < -0.4 is 5.32 Å². The molecule has 0 bridgehead atoms. The van der Waals surface area contributed by atoms with E-state index in [0.717, 1.165) is 5.56 Å².